The number of allylic oxidation sites excluding steroid dienone is 1. The molecule has 6 nitrogen and oxygen atoms in total. The number of amides is 1. The highest BCUT2D eigenvalue weighted by molar-refractivity contribution is 5.91. The fourth-order valence-electron chi connectivity index (χ4n) is 1.96. The highest BCUT2D eigenvalue weighted by atomic mass is 16.6. The molecular weight excluding hydrogens is 236 g/mol. The minimum Gasteiger partial charge on any atom is -0.491 e. The molecule has 18 heavy (non-hydrogen) atoms. The molecule has 2 rings (SSSR count). The monoisotopic (exact) mass is 256 g/mol. The molecule has 6 heteroatoms. The van der Waals surface area contributed by atoms with Gasteiger partial charge < -0.3 is 19.5 Å². The Balaban J connectivity index is 1.71. The zero-order valence-corrected chi connectivity index (χ0v) is 10.7. The van der Waals surface area contributed by atoms with E-state index in [1.165, 1.54) is 0 Å². The molecule has 2 aliphatic heterocycles. The fourth-order valence-corrected chi connectivity index (χ4v) is 1.96. The topological polar surface area (TPSA) is 60.0 Å². The van der Waals surface area contributed by atoms with Gasteiger partial charge in [0.2, 0.25) is 5.76 Å². The molecule has 0 unspecified atom stereocenters. The second kappa shape index (κ2) is 6.61. The Morgan fingerprint density at radius 1 is 1.22 bits per heavy atom. The molecule has 0 bridgehead atoms. The van der Waals surface area contributed by atoms with Gasteiger partial charge in [-0.15, -0.1) is 0 Å². The quantitative estimate of drug-likeness (QED) is 0.749. The summed E-state index contributed by atoms with van der Waals surface area (Å²) in [5, 5.41) is 2.85. The Morgan fingerprint density at radius 3 is 2.67 bits per heavy atom. The maximum atomic E-state index is 11.8. The van der Waals surface area contributed by atoms with Crippen LogP contribution in [0.1, 0.15) is 6.92 Å². The smallest absolute Gasteiger partial charge is 0.289 e. The van der Waals surface area contributed by atoms with Crippen LogP contribution in [0.3, 0.4) is 0 Å². The third-order valence-electron chi connectivity index (χ3n) is 2.99. The number of carbonyl (C=O) groups is 1. The maximum Gasteiger partial charge on any atom is 0.289 e. The van der Waals surface area contributed by atoms with Gasteiger partial charge in [0.25, 0.3) is 5.91 Å². The Bertz CT molecular complexity index is 324. The lowest BCUT2D eigenvalue weighted by atomic mass is 10.3. The highest BCUT2D eigenvalue weighted by Gasteiger charge is 2.19. The van der Waals surface area contributed by atoms with Gasteiger partial charge in [0.15, 0.2) is 0 Å². The van der Waals surface area contributed by atoms with Gasteiger partial charge in [-0.1, -0.05) is 0 Å². The molecular formula is C12H20N2O4. The number of hydrogen-bond donors (Lipinski definition) is 1. The van der Waals surface area contributed by atoms with Crippen molar-refractivity contribution in [2.75, 3.05) is 52.6 Å². The van der Waals surface area contributed by atoms with E-state index in [2.05, 4.69) is 10.2 Å². The second-order valence-electron chi connectivity index (χ2n) is 4.29. The molecule has 1 N–H and O–H groups in total. The number of hydrogen-bond acceptors (Lipinski definition) is 5. The van der Waals surface area contributed by atoms with Gasteiger partial charge in [-0.2, -0.15) is 0 Å². The van der Waals surface area contributed by atoms with Crippen molar-refractivity contribution >= 4 is 5.91 Å². The zero-order valence-electron chi connectivity index (χ0n) is 10.7. The standard InChI is InChI=1S/C12H20N2O4/c1-10-11(18-9-8-17-10)12(15)13-2-3-14-4-6-16-7-5-14/h2-9H2,1H3,(H,13,15). The molecule has 0 aliphatic carbocycles. The summed E-state index contributed by atoms with van der Waals surface area (Å²) in [7, 11) is 0. The van der Waals surface area contributed by atoms with E-state index in [1.54, 1.807) is 6.92 Å². The van der Waals surface area contributed by atoms with E-state index < -0.39 is 0 Å². The first-order valence-electron chi connectivity index (χ1n) is 6.32. The summed E-state index contributed by atoms with van der Waals surface area (Å²) in [6.45, 7) is 7.54. The molecule has 1 saturated heterocycles. The molecule has 102 valence electrons. The molecule has 1 fully saturated rings. The van der Waals surface area contributed by atoms with E-state index >= 15 is 0 Å². The Hall–Kier alpha value is -1.27. The number of rotatable bonds is 4. The SMILES string of the molecule is CC1=C(C(=O)NCCN2CCOCC2)OCCO1. The third-order valence-corrected chi connectivity index (χ3v) is 2.99. The van der Waals surface area contributed by atoms with Gasteiger partial charge in [0, 0.05) is 26.2 Å². The van der Waals surface area contributed by atoms with Crippen LogP contribution in [0.2, 0.25) is 0 Å². The van der Waals surface area contributed by atoms with Crippen LogP contribution in [0.5, 0.6) is 0 Å². The Morgan fingerprint density at radius 2 is 1.94 bits per heavy atom. The van der Waals surface area contributed by atoms with Crippen LogP contribution in [-0.4, -0.2) is 63.4 Å². The van der Waals surface area contributed by atoms with Crippen LogP contribution in [-0.2, 0) is 19.0 Å². The molecule has 0 radical (unpaired) electrons. The summed E-state index contributed by atoms with van der Waals surface area (Å²) in [5.41, 5.74) is 0. The molecule has 0 aromatic carbocycles. The van der Waals surface area contributed by atoms with Crippen LogP contribution in [0.25, 0.3) is 0 Å². The van der Waals surface area contributed by atoms with E-state index in [9.17, 15) is 4.79 Å². The van der Waals surface area contributed by atoms with Crippen LogP contribution >= 0.6 is 0 Å². The number of nitrogens with zero attached hydrogens (tertiary/aromatic N) is 1. The summed E-state index contributed by atoms with van der Waals surface area (Å²) < 4.78 is 15.8. The molecule has 0 aromatic rings. The van der Waals surface area contributed by atoms with E-state index in [0.29, 0.717) is 31.3 Å². The molecule has 2 aliphatic rings. The first kappa shape index (κ1) is 13.2. The number of nitrogens with one attached hydrogen (secondary N) is 1. The van der Waals surface area contributed by atoms with E-state index in [0.717, 1.165) is 32.8 Å². The zero-order chi connectivity index (χ0) is 12.8. The first-order valence-corrected chi connectivity index (χ1v) is 6.32. The minimum atomic E-state index is -0.194. The van der Waals surface area contributed by atoms with Crippen molar-refractivity contribution in [1.82, 2.24) is 10.2 Å². The van der Waals surface area contributed by atoms with E-state index in [-0.39, 0.29) is 5.91 Å². The summed E-state index contributed by atoms with van der Waals surface area (Å²) in [6, 6.07) is 0. The molecule has 2 heterocycles. The van der Waals surface area contributed by atoms with E-state index in [4.69, 9.17) is 14.2 Å². The lowest BCUT2D eigenvalue weighted by Gasteiger charge is -2.26. The largest absolute Gasteiger partial charge is 0.491 e. The van der Waals surface area contributed by atoms with Crippen molar-refractivity contribution in [2.24, 2.45) is 0 Å². The van der Waals surface area contributed by atoms with Gasteiger partial charge in [0.1, 0.15) is 19.0 Å². The average molecular weight is 256 g/mol. The van der Waals surface area contributed by atoms with Gasteiger partial charge in [-0.05, 0) is 6.92 Å². The Kier molecular flexibility index (Phi) is 4.83. The van der Waals surface area contributed by atoms with Crippen LogP contribution in [0.4, 0.5) is 0 Å². The number of ether oxygens (including phenoxy) is 3. The first-order chi connectivity index (χ1) is 8.77. The summed E-state index contributed by atoms with van der Waals surface area (Å²) in [5.74, 6) is 0.675. The third kappa shape index (κ3) is 3.61. The summed E-state index contributed by atoms with van der Waals surface area (Å²) >= 11 is 0. The predicted molar refractivity (Wildman–Crippen MR) is 64.9 cm³/mol. The van der Waals surface area contributed by atoms with Crippen LogP contribution in [0, 0.1) is 0 Å². The van der Waals surface area contributed by atoms with Gasteiger partial charge in [-0.3, -0.25) is 9.69 Å². The van der Waals surface area contributed by atoms with Crippen molar-refractivity contribution in [1.29, 1.82) is 0 Å². The minimum absolute atomic E-state index is 0.194. The van der Waals surface area contributed by atoms with Crippen LogP contribution < -0.4 is 5.32 Å². The van der Waals surface area contributed by atoms with E-state index in [1.807, 2.05) is 0 Å². The lowest BCUT2D eigenvalue weighted by Crippen LogP contribution is -2.42. The van der Waals surface area contributed by atoms with Crippen molar-refractivity contribution in [3.63, 3.8) is 0 Å². The maximum absolute atomic E-state index is 11.8. The van der Waals surface area contributed by atoms with Gasteiger partial charge >= 0.3 is 0 Å². The number of carbonyl (C=O) groups excluding carboxylic acids is 1. The predicted octanol–water partition coefficient (Wildman–Crippen LogP) is -0.287. The van der Waals surface area contributed by atoms with Crippen LogP contribution in [0.15, 0.2) is 11.5 Å². The van der Waals surface area contributed by atoms with Crippen molar-refractivity contribution in [2.45, 2.75) is 6.92 Å². The molecule has 0 spiro atoms. The summed E-state index contributed by atoms with van der Waals surface area (Å²) in [6.07, 6.45) is 0. The highest BCUT2D eigenvalue weighted by Crippen LogP contribution is 2.12. The molecule has 0 saturated carbocycles. The normalized spacial score (nSPS) is 21.2. The Labute approximate surface area is 107 Å². The van der Waals surface area contributed by atoms with Crippen molar-refractivity contribution in [3.8, 4) is 0 Å². The molecule has 0 atom stereocenters. The van der Waals surface area contributed by atoms with Crippen molar-refractivity contribution < 1.29 is 19.0 Å². The lowest BCUT2D eigenvalue weighted by molar-refractivity contribution is -0.122. The van der Waals surface area contributed by atoms with Gasteiger partial charge in [-0.25, -0.2) is 0 Å². The molecule has 1 amide bonds. The number of morpholine rings is 1. The van der Waals surface area contributed by atoms with Crippen molar-refractivity contribution in [3.05, 3.63) is 11.5 Å². The fraction of sp³-hybridized carbons (Fsp3) is 0.750. The second-order valence-corrected chi connectivity index (χ2v) is 4.29. The average Bonchev–Trinajstić information content (AvgIpc) is 2.40. The molecule has 0 aromatic heterocycles. The van der Waals surface area contributed by atoms with Gasteiger partial charge in [0.05, 0.1) is 13.2 Å². The summed E-state index contributed by atoms with van der Waals surface area (Å²) in [4.78, 5) is 14.1.